The molecule has 0 aliphatic carbocycles. The van der Waals surface area contributed by atoms with Crippen molar-refractivity contribution in [2.24, 2.45) is 0 Å². The molecule has 1 amide bonds. The van der Waals surface area contributed by atoms with Gasteiger partial charge in [0.05, 0.1) is 17.7 Å². The summed E-state index contributed by atoms with van der Waals surface area (Å²) in [5.41, 5.74) is 1.73. The first-order valence-electron chi connectivity index (χ1n) is 7.22. The van der Waals surface area contributed by atoms with Crippen LogP contribution in [-0.4, -0.2) is 15.5 Å². The van der Waals surface area contributed by atoms with Gasteiger partial charge in [-0.3, -0.25) is 4.79 Å². The van der Waals surface area contributed by atoms with Crippen molar-refractivity contribution in [3.8, 4) is 5.69 Å². The number of carbonyl (C=O) groups is 1. The molecule has 0 fully saturated rings. The van der Waals surface area contributed by atoms with E-state index in [1.807, 2.05) is 41.1 Å². The fourth-order valence-corrected chi connectivity index (χ4v) is 3.05. The van der Waals surface area contributed by atoms with Crippen LogP contribution in [0.4, 0.5) is 5.69 Å². The number of nitrogens with zero attached hydrogens (tertiary/aromatic N) is 2. The van der Waals surface area contributed by atoms with Gasteiger partial charge in [0, 0.05) is 23.7 Å². The number of para-hydroxylation sites is 2. The van der Waals surface area contributed by atoms with E-state index in [1.54, 1.807) is 23.9 Å². The molecule has 0 atom stereocenters. The van der Waals surface area contributed by atoms with Crippen molar-refractivity contribution in [2.45, 2.75) is 19.3 Å². The Kier molecular flexibility index (Phi) is 4.65. The van der Waals surface area contributed by atoms with Crippen LogP contribution < -0.4 is 5.32 Å². The summed E-state index contributed by atoms with van der Waals surface area (Å²) >= 11 is 1.74. The van der Waals surface area contributed by atoms with E-state index >= 15 is 0 Å². The van der Waals surface area contributed by atoms with Crippen LogP contribution in [-0.2, 0) is 11.2 Å². The van der Waals surface area contributed by atoms with E-state index in [4.69, 9.17) is 0 Å². The summed E-state index contributed by atoms with van der Waals surface area (Å²) in [7, 11) is 0. The average Bonchev–Trinajstić information content (AvgIpc) is 3.21. The molecule has 0 saturated carbocycles. The van der Waals surface area contributed by atoms with Crippen molar-refractivity contribution >= 4 is 22.9 Å². The van der Waals surface area contributed by atoms with Crippen LogP contribution in [0.2, 0.25) is 0 Å². The smallest absolute Gasteiger partial charge is 0.224 e. The number of nitrogens with one attached hydrogen (secondary N) is 1. The first kappa shape index (κ1) is 14.5. The summed E-state index contributed by atoms with van der Waals surface area (Å²) in [5.74, 6) is 0.0455. The number of rotatable bonds is 6. The number of carbonyl (C=O) groups excluding carboxylic acids is 1. The standard InChI is InChI=1S/C17H17N3OS/c21-17(9-3-5-14-6-4-12-22-14)19-15-7-1-2-8-16(15)20-11-10-18-13-20/h1-2,4,6-8,10-13H,3,5,9H2,(H,19,21). The van der Waals surface area contributed by atoms with Gasteiger partial charge >= 0.3 is 0 Å². The largest absolute Gasteiger partial charge is 0.324 e. The summed E-state index contributed by atoms with van der Waals surface area (Å²) in [4.78, 5) is 17.5. The third-order valence-corrected chi connectivity index (χ3v) is 4.30. The van der Waals surface area contributed by atoms with Crippen molar-refractivity contribution in [3.05, 3.63) is 65.4 Å². The molecule has 3 rings (SSSR count). The molecule has 0 bridgehead atoms. The number of benzene rings is 1. The fourth-order valence-electron chi connectivity index (χ4n) is 2.30. The zero-order valence-corrected chi connectivity index (χ0v) is 12.9. The molecule has 22 heavy (non-hydrogen) atoms. The first-order valence-corrected chi connectivity index (χ1v) is 8.10. The highest BCUT2D eigenvalue weighted by molar-refractivity contribution is 7.09. The van der Waals surface area contributed by atoms with E-state index in [0.29, 0.717) is 6.42 Å². The van der Waals surface area contributed by atoms with Crippen molar-refractivity contribution in [1.82, 2.24) is 9.55 Å². The van der Waals surface area contributed by atoms with Crippen molar-refractivity contribution in [3.63, 3.8) is 0 Å². The van der Waals surface area contributed by atoms with E-state index in [9.17, 15) is 4.79 Å². The molecule has 0 aliphatic rings. The van der Waals surface area contributed by atoms with Gasteiger partial charge in [0.15, 0.2) is 0 Å². The molecule has 0 spiro atoms. The number of imidazole rings is 1. The Balaban J connectivity index is 1.60. The molecular weight excluding hydrogens is 294 g/mol. The predicted molar refractivity (Wildman–Crippen MR) is 89.5 cm³/mol. The van der Waals surface area contributed by atoms with E-state index < -0.39 is 0 Å². The molecule has 4 nitrogen and oxygen atoms in total. The van der Waals surface area contributed by atoms with Gasteiger partial charge in [-0.05, 0) is 36.4 Å². The highest BCUT2D eigenvalue weighted by atomic mass is 32.1. The second-order valence-corrected chi connectivity index (χ2v) is 6.00. The SMILES string of the molecule is O=C(CCCc1cccs1)Nc1ccccc1-n1ccnc1. The number of thiophene rings is 1. The quantitative estimate of drug-likeness (QED) is 0.750. The summed E-state index contributed by atoms with van der Waals surface area (Å²) in [5, 5.41) is 5.06. The Morgan fingerprint density at radius 1 is 1.23 bits per heavy atom. The van der Waals surface area contributed by atoms with Crippen molar-refractivity contribution in [2.75, 3.05) is 5.32 Å². The monoisotopic (exact) mass is 311 g/mol. The summed E-state index contributed by atoms with van der Waals surface area (Å²) < 4.78 is 1.89. The van der Waals surface area contributed by atoms with Gasteiger partial charge in [-0.15, -0.1) is 11.3 Å². The second-order valence-electron chi connectivity index (χ2n) is 4.97. The van der Waals surface area contributed by atoms with E-state index in [0.717, 1.165) is 24.2 Å². The number of aryl methyl sites for hydroxylation is 1. The van der Waals surface area contributed by atoms with Gasteiger partial charge in [0.1, 0.15) is 0 Å². The lowest BCUT2D eigenvalue weighted by Crippen LogP contribution is -2.13. The molecule has 0 radical (unpaired) electrons. The molecule has 112 valence electrons. The first-order chi connectivity index (χ1) is 10.8. The van der Waals surface area contributed by atoms with Crippen molar-refractivity contribution < 1.29 is 4.79 Å². The van der Waals surface area contributed by atoms with Crippen LogP contribution in [0.1, 0.15) is 17.7 Å². The minimum atomic E-state index is 0.0455. The van der Waals surface area contributed by atoms with Crippen LogP contribution in [0.25, 0.3) is 5.69 Å². The van der Waals surface area contributed by atoms with E-state index in [1.165, 1.54) is 4.88 Å². The number of aromatic nitrogens is 2. The summed E-state index contributed by atoms with van der Waals surface area (Å²) in [6.07, 6.45) is 7.65. The Labute approximate surface area is 133 Å². The van der Waals surface area contributed by atoms with Crippen molar-refractivity contribution in [1.29, 1.82) is 0 Å². The molecule has 0 aliphatic heterocycles. The second kappa shape index (κ2) is 7.04. The minimum absolute atomic E-state index is 0.0455. The van der Waals surface area contributed by atoms with Gasteiger partial charge in [-0.25, -0.2) is 4.98 Å². The molecule has 5 heteroatoms. The maximum Gasteiger partial charge on any atom is 0.224 e. The lowest BCUT2D eigenvalue weighted by Gasteiger charge is -2.11. The average molecular weight is 311 g/mol. The van der Waals surface area contributed by atoms with Crippen LogP contribution in [0.15, 0.2) is 60.5 Å². The zero-order chi connectivity index (χ0) is 15.2. The normalized spacial score (nSPS) is 10.5. The molecule has 1 N–H and O–H groups in total. The highest BCUT2D eigenvalue weighted by Crippen LogP contribution is 2.20. The molecule has 3 aromatic rings. The lowest BCUT2D eigenvalue weighted by atomic mass is 10.2. The Bertz CT molecular complexity index is 720. The zero-order valence-electron chi connectivity index (χ0n) is 12.1. The van der Waals surface area contributed by atoms with Crippen LogP contribution in [0.3, 0.4) is 0 Å². The number of hydrogen-bond donors (Lipinski definition) is 1. The Morgan fingerprint density at radius 3 is 2.91 bits per heavy atom. The number of anilines is 1. The van der Waals surface area contributed by atoms with E-state index in [2.05, 4.69) is 21.7 Å². The fraction of sp³-hybridized carbons (Fsp3) is 0.176. The molecule has 2 heterocycles. The van der Waals surface area contributed by atoms with Crippen LogP contribution >= 0.6 is 11.3 Å². The third-order valence-electron chi connectivity index (χ3n) is 3.37. The number of amides is 1. The van der Waals surface area contributed by atoms with Crippen LogP contribution in [0.5, 0.6) is 0 Å². The molecule has 1 aromatic carbocycles. The molecule has 2 aromatic heterocycles. The van der Waals surface area contributed by atoms with E-state index in [-0.39, 0.29) is 5.91 Å². The Morgan fingerprint density at radius 2 is 2.14 bits per heavy atom. The predicted octanol–water partition coefficient (Wildman–Crippen LogP) is 3.90. The minimum Gasteiger partial charge on any atom is -0.324 e. The van der Waals surface area contributed by atoms with Gasteiger partial charge in [-0.2, -0.15) is 0 Å². The van der Waals surface area contributed by atoms with Gasteiger partial charge < -0.3 is 9.88 Å². The summed E-state index contributed by atoms with van der Waals surface area (Å²) in [6, 6.07) is 11.9. The number of hydrogen-bond acceptors (Lipinski definition) is 3. The molecule has 0 saturated heterocycles. The third kappa shape index (κ3) is 3.62. The Hall–Kier alpha value is -2.40. The van der Waals surface area contributed by atoms with Gasteiger partial charge in [-0.1, -0.05) is 18.2 Å². The maximum atomic E-state index is 12.1. The maximum absolute atomic E-state index is 12.1. The lowest BCUT2D eigenvalue weighted by molar-refractivity contribution is -0.116. The topological polar surface area (TPSA) is 46.9 Å². The molecule has 0 unspecified atom stereocenters. The highest BCUT2D eigenvalue weighted by Gasteiger charge is 2.08. The summed E-state index contributed by atoms with van der Waals surface area (Å²) in [6.45, 7) is 0. The van der Waals surface area contributed by atoms with Gasteiger partial charge in [0.25, 0.3) is 0 Å². The van der Waals surface area contributed by atoms with Gasteiger partial charge in [0.2, 0.25) is 5.91 Å². The molecular formula is C17H17N3OS. The van der Waals surface area contributed by atoms with Crippen LogP contribution in [0, 0.1) is 0 Å².